The van der Waals surface area contributed by atoms with Crippen LogP contribution in [0.2, 0.25) is 0 Å². The lowest BCUT2D eigenvalue weighted by molar-refractivity contribution is 0.967. The van der Waals surface area contributed by atoms with Gasteiger partial charge < -0.3 is 0 Å². The first-order valence-corrected chi connectivity index (χ1v) is 2.78. The molecule has 48 valence electrons. The first-order valence-electron chi connectivity index (χ1n) is 2.78. The highest BCUT2D eigenvalue weighted by Crippen LogP contribution is 1.91. The van der Waals surface area contributed by atoms with Crippen molar-refractivity contribution in [2.75, 3.05) is 13.1 Å². The van der Waals surface area contributed by atoms with Gasteiger partial charge in [-0.2, -0.15) is 10.5 Å². The monoisotopic (exact) mass is 132 g/mol. The Labute approximate surface area is 58.1 Å². The molecule has 0 unspecified atom stereocenters. The largest absolute Gasteiger partial charge is 0.270 e. The summed E-state index contributed by atoms with van der Waals surface area (Å²) in [5, 5.41) is 16.8. The molecule has 0 aliphatic carbocycles. The third-order valence-electron chi connectivity index (χ3n) is 1.08. The predicted molar refractivity (Wildman–Crippen MR) is 35.8 cm³/mol. The highest BCUT2D eigenvalue weighted by molar-refractivity contribution is 6.53. The van der Waals surface area contributed by atoms with Crippen molar-refractivity contribution >= 4 is 11.4 Å². The van der Waals surface area contributed by atoms with Gasteiger partial charge in [0.05, 0.1) is 13.1 Å². The molecule has 1 rings (SSSR count). The Balaban J connectivity index is 2.93. The van der Waals surface area contributed by atoms with Gasteiger partial charge in [-0.05, 0) is 0 Å². The molecule has 0 radical (unpaired) electrons. The topological polar surface area (TPSA) is 72.3 Å². The SMILES string of the molecule is N#CC1=NCCN=C1C#N. The Hall–Kier alpha value is -1.68. The lowest BCUT2D eigenvalue weighted by Crippen LogP contribution is -2.16. The van der Waals surface area contributed by atoms with Gasteiger partial charge in [0.25, 0.3) is 0 Å². The van der Waals surface area contributed by atoms with Crippen LogP contribution < -0.4 is 0 Å². The van der Waals surface area contributed by atoms with E-state index in [2.05, 4.69) is 9.98 Å². The normalized spacial score (nSPS) is 16.2. The maximum Gasteiger partial charge on any atom is 0.171 e. The van der Waals surface area contributed by atoms with Crippen LogP contribution in [0.1, 0.15) is 0 Å². The molecule has 0 aromatic heterocycles. The van der Waals surface area contributed by atoms with E-state index >= 15 is 0 Å². The van der Waals surface area contributed by atoms with Gasteiger partial charge in [-0.1, -0.05) is 0 Å². The van der Waals surface area contributed by atoms with Crippen molar-refractivity contribution in [1.82, 2.24) is 0 Å². The zero-order valence-electron chi connectivity index (χ0n) is 5.20. The number of hydrogen-bond acceptors (Lipinski definition) is 4. The summed E-state index contributed by atoms with van der Waals surface area (Å²) in [6.45, 7) is 1.04. The van der Waals surface area contributed by atoms with Gasteiger partial charge in [-0.3, -0.25) is 9.98 Å². The first kappa shape index (κ1) is 6.44. The Kier molecular flexibility index (Phi) is 1.77. The fourth-order valence-corrected chi connectivity index (χ4v) is 0.650. The van der Waals surface area contributed by atoms with E-state index in [1.807, 2.05) is 0 Å². The van der Waals surface area contributed by atoms with Crippen LogP contribution in [0.25, 0.3) is 0 Å². The summed E-state index contributed by atoms with van der Waals surface area (Å²) >= 11 is 0. The summed E-state index contributed by atoms with van der Waals surface area (Å²) in [5.74, 6) is 0. The van der Waals surface area contributed by atoms with E-state index in [1.54, 1.807) is 12.1 Å². The van der Waals surface area contributed by atoms with Crippen LogP contribution >= 0.6 is 0 Å². The molecule has 0 bridgehead atoms. The van der Waals surface area contributed by atoms with Crippen LogP contribution in [0, 0.1) is 22.7 Å². The van der Waals surface area contributed by atoms with Crippen LogP contribution in [0.4, 0.5) is 0 Å². The molecule has 4 heteroatoms. The molecule has 0 N–H and O–H groups in total. The first-order chi connectivity index (χ1) is 4.88. The molecule has 0 spiro atoms. The zero-order valence-corrected chi connectivity index (χ0v) is 5.20. The number of rotatable bonds is 0. The minimum Gasteiger partial charge on any atom is -0.270 e. The van der Waals surface area contributed by atoms with E-state index in [1.165, 1.54) is 0 Å². The number of aliphatic imine (C=N–C) groups is 2. The Bertz CT molecular complexity index is 243. The minimum absolute atomic E-state index is 0.161. The Morgan fingerprint density at radius 1 is 1.00 bits per heavy atom. The van der Waals surface area contributed by atoms with E-state index in [9.17, 15) is 0 Å². The van der Waals surface area contributed by atoms with Crippen molar-refractivity contribution in [3.8, 4) is 12.1 Å². The summed E-state index contributed by atoms with van der Waals surface area (Å²) in [5.41, 5.74) is 0.322. The summed E-state index contributed by atoms with van der Waals surface area (Å²) in [6.07, 6.45) is 0. The maximum absolute atomic E-state index is 8.38. The van der Waals surface area contributed by atoms with Crippen LogP contribution in [-0.2, 0) is 0 Å². The molecule has 0 fully saturated rings. The van der Waals surface area contributed by atoms with E-state index < -0.39 is 0 Å². The van der Waals surface area contributed by atoms with Crippen molar-refractivity contribution in [3.05, 3.63) is 0 Å². The van der Waals surface area contributed by atoms with Crippen LogP contribution in [0.15, 0.2) is 9.98 Å². The molecule has 1 aliphatic rings. The molecule has 4 nitrogen and oxygen atoms in total. The molecular formula is C6H4N4. The summed E-state index contributed by atoms with van der Waals surface area (Å²) < 4.78 is 0. The number of nitrogens with zero attached hydrogens (tertiary/aromatic N) is 4. The summed E-state index contributed by atoms with van der Waals surface area (Å²) in [4.78, 5) is 7.60. The highest BCUT2D eigenvalue weighted by atomic mass is 14.9. The maximum atomic E-state index is 8.38. The van der Waals surface area contributed by atoms with Gasteiger partial charge in [0.15, 0.2) is 11.4 Å². The van der Waals surface area contributed by atoms with Gasteiger partial charge in [0, 0.05) is 0 Å². The van der Waals surface area contributed by atoms with Crippen molar-refractivity contribution in [3.63, 3.8) is 0 Å². The molecular weight excluding hydrogens is 128 g/mol. The minimum atomic E-state index is 0.161. The smallest absolute Gasteiger partial charge is 0.171 e. The second kappa shape index (κ2) is 2.75. The van der Waals surface area contributed by atoms with Crippen molar-refractivity contribution < 1.29 is 0 Å². The van der Waals surface area contributed by atoms with Crippen LogP contribution in [0.3, 0.4) is 0 Å². The second-order valence-corrected chi connectivity index (χ2v) is 1.68. The average Bonchev–Trinajstić information content (AvgIpc) is 2.04. The van der Waals surface area contributed by atoms with Gasteiger partial charge >= 0.3 is 0 Å². The molecule has 1 heterocycles. The van der Waals surface area contributed by atoms with Crippen molar-refractivity contribution in [2.45, 2.75) is 0 Å². The Morgan fingerprint density at radius 2 is 1.40 bits per heavy atom. The molecule has 0 aromatic rings. The van der Waals surface area contributed by atoms with Crippen LogP contribution in [-0.4, -0.2) is 24.5 Å². The lowest BCUT2D eigenvalue weighted by Gasteiger charge is -1.99. The standard InChI is InChI=1S/C6H4N4/c7-3-5-6(4-8)10-2-1-9-5/h1-2H2. The fraction of sp³-hybridized carbons (Fsp3) is 0.333. The second-order valence-electron chi connectivity index (χ2n) is 1.68. The van der Waals surface area contributed by atoms with Gasteiger partial charge in [0.1, 0.15) is 12.1 Å². The summed E-state index contributed by atoms with van der Waals surface area (Å²) in [7, 11) is 0. The van der Waals surface area contributed by atoms with Crippen molar-refractivity contribution in [2.24, 2.45) is 9.98 Å². The van der Waals surface area contributed by atoms with E-state index in [-0.39, 0.29) is 11.4 Å². The van der Waals surface area contributed by atoms with Crippen molar-refractivity contribution in [1.29, 1.82) is 10.5 Å². The molecule has 0 atom stereocenters. The van der Waals surface area contributed by atoms with E-state index in [0.717, 1.165) is 0 Å². The van der Waals surface area contributed by atoms with Gasteiger partial charge in [0.2, 0.25) is 0 Å². The lowest BCUT2D eigenvalue weighted by atomic mass is 10.2. The predicted octanol–water partition coefficient (Wildman–Crippen LogP) is -0.0708. The molecule has 1 aliphatic heterocycles. The van der Waals surface area contributed by atoms with Gasteiger partial charge in [-0.25, -0.2) is 0 Å². The summed E-state index contributed by atoms with van der Waals surface area (Å²) in [6, 6.07) is 3.60. The Morgan fingerprint density at radius 3 is 1.70 bits per heavy atom. The number of hydrogen-bond donors (Lipinski definition) is 0. The molecule has 0 aromatic carbocycles. The third kappa shape index (κ3) is 1.01. The zero-order chi connectivity index (χ0) is 7.40. The molecule has 10 heavy (non-hydrogen) atoms. The van der Waals surface area contributed by atoms with Gasteiger partial charge in [-0.15, -0.1) is 0 Å². The highest BCUT2D eigenvalue weighted by Gasteiger charge is 2.09. The third-order valence-corrected chi connectivity index (χ3v) is 1.08. The average molecular weight is 132 g/mol. The van der Waals surface area contributed by atoms with Crippen LogP contribution in [0.5, 0.6) is 0 Å². The van der Waals surface area contributed by atoms with E-state index in [0.29, 0.717) is 13.1 Å². The number of nitriles is 2. The molecule has 0 saturated heterocycles. The fourth-order valence-electron chi connectivity index (χ4n) is 0.650. The molecule has 0 saturated carbocycles. The quantitative estimate of drug-likeness (QED) is 0.462. The molecule has 0 amide bonds. The van der Waals surface area contributed by atoms with E-state index in [4.69, 9.17) is 10.5 Å².